The average molecular weight is 311 g/mol. The van der Waals surface area contributed by atoms with E-state index < -0.39 is 0 Å². The van der Waals surface area contributed by atoms with Crippen LogP contribution in [0.2, 0.25) is 0 Å². The smallest absolute Gasteiger partial charge is 0.222 e. The summed E-state index contributed by atoms with van der Waals surface area (Å²) in [5.74, 6) is 0.945. The number of benzene rings is 1. The second kappa shape index (κ2) is 9.80. The Bertz CT molecular complexity index is 411. The minimum atomic E-state index is 0. The van der Waals surface area contributed by atoms with Gasteiger partial charge in [0.05, 0.1) is 0 Å². The number of hydrogen-bond donors (Lipinski definition) is 1. The predicted octanol–water partition coefficient (Wildman–Crippen LogP) is 3.20. The Balaban J connectivity index is 0.00000220. The number of nitrogens with zero attached hydrogens (tertiary/aromatic N) is 1. The van der Waals surface area contributed by atoms with Gasteiger partial charge in [0.15, 0.2) is 0 Å². The van der Waals surface area contributed by atoms with Crippen molar-refractivity contribution in [2.45, 2.75) is 38.0 Å². The van der Waals surface area contributed by atoms with E-state index in [-0.39, 0.29) is 12.4 Å². The summed E-state index contributed by atoms with van der Waals surface area (Å²) in [4.78, 5) is 14.2. The molecule has 1 heterocycles. The number of rotatable bonds is 5. The van der Waals surface area contributed by atoms with Crippen molar-refractivity contribution in [1.82, 2.24) is 10.2 Å². The summed E-state index contributed by atoms with van der Waals surface area (Å²) in [5.41, 5.74) is 1.43. The molecular weight excluding hydrogens is 284 g/mol. The minimum absolute atomic E-state index is 0. The van der Waals surface area contributed by atoms with Gasteiger partial charge in [-0.1, -0.05) is 30.3 Å². The van der Waals surface area contributed by atoms with Gasteiger partial charge in [-0.25, -0.2) is 0 Å². The molecule has 0 radical (unpaired) electrons. The predicted molar refractivity (Wildman–Crippen MR) is 90.0 cm³/mol. The average Bonchev–Trinajstić information content (AvgIpc) is 2.74. The Hall–Kier alpha value is -1.06. The highest BCUT2D eigenvalue weighted by atomic mass is 35.5. The molecule has 1 N–H and O–H groups in total. The molecule has 0 aromatic heterocycles. The molecule has 21 heavy (non-hydrogen) atoms. The number of halogens is 1. The molecule has 1 unspecified atom stereocenters. The molecule has 1 aliphatic heterocycles. The zero-order valence-electron chi connectivity index (χ0n) is 12.9. The maximum Gasteiger partial charge on any atom is 0.222 e. The van der Waals surface area contributed by atoms with Crippen LogP contribution in [0.25, 0.3) is 0 Å². The van der Waals surface area contributed by atoms with Gasteiger partial charge in [-0.2, -0.15) is 0 Å². The van der Waals surface area contributed by atoms with Gasteiger partial charge < -0.3 is 10.2 Å². The lowest BCUT2D eigenvalue weighted by atomic mass is 9.92. The highest BCUT2D eigenvalue weighted by Crippen LogP contribution is 2.28. The maximum atomic E-state index is 12.2. The lowest BCUT2D eigenvalue weighted by molar-refractivity contribution is -0.131. The van der Waals surface area contributed by atoms with Crippen LogP contribution >= 0.6 is 12.4 Å². The number of nitrogens with one attached hydrogen (secondary N) is 1. The van der Waals surface area contributed by atoms with Crippen molar-refractivity contribution in [2.75, 3.05) is 26.7 Å². The molecule has 1 fully saturated rings. The molecular formula is C17H27ClN2O. The summed E-state index contributed by atoms with van der Waals surface area (Å²) in [6.07, 6.45) is 5.04. The third kappa shape index (κ3) is 5.68. The van der Waals surface area contributed by atoms with Gasteiger partial charge in [0.2, 0.25) is 5.91 Å². The molecule has 1 aliphatic rings. The SMILES string of the molecule is CNCCCC(=O)N1CCCC(c2ccccc2)CC1.Cl. The third-order valence-corrected chi connectivity index (χ3v) is 4.17. The van der Waals surface area contributed by atoms with Crippen molar-refractivity contribution in [1.29, 1.82) is 0 Å². The summed E-state index contributed by atoms with van der Waals surface area (Å²) in [6.45, 7) is 2.77. The summed E-state index contributed by atoms with van der Waals surface area (Å²) in [6, 6.07) is 10.7. The van der Waals surface area contributed by atoms with Gasteiger partial charge in [0.1, 0.15) is 0 Å². The zero-order valence-corrected chi connectivity index (χ0v) is 13.7. The normalized spacial score (nSPS) is 18.7. The fraction of sp³-hybridized carbons (Fsp3) is 0.588. The number of likely N-dealkylation sites (tertiary alicyclic amines) is 1. The monoisotopic (exact) mass is 310 g/mol. The van der Waals surface area contributed by atoms with Crippen molar-refractivity contribution in [3.63, 3.8) is 0 Å². The Kier molecular flexibility index (Phi) is 8.40. The van der Waals surface area contributed by atoms with Crippen LogP contribution in [0, 0.1) is 0 Å². The molecule has 1 amide bonds. The molecule has 0 aliphatic carbocycles. The summed E-state index contributed by atoms with van der Waals surface area (Å²) >= 11 is 0. The zero-order chi connectivity index (χ0) is 14.2. The molecule has 3 nitrogen and oxygen atoms in total. The van der Waals surface area contributed by atoms with Crippen LogP contribution in [-0.4, -0.2) is 37.5 Å². The van der Waals surface area contributed by atoms with Crippen LogP contribution < -0.4 is 5.32 Å². The second-order valence-corrected chi connectivity index (χ2v) is 5.63. The van der Waals surface area contributed by atoms with Gasteiger partial charge in [-0.05, 0) is 50.8 Å². The standard InChI is InChI=1S/C17H26N2O.ClH/c1-18-12-5-10-17(20)19-13-6-9-16(11-14-19)15-7-3-2-4-8-15;/h2-4,7-8,16,18H,5-6,9-14H2,1H3;1H. The fourth-order valence-electron chi connectivity index (χ4n) is 2.98. The number of carbonyl (C=O) groups excluding carboxylic acids is 1. The van der Waals surface area contributed by atoms with E-state index in [0.717, 1.165) is 38.9 Å². The third-order valence-electron chi connectivity index (χ3n) is 4.17. The first kappa shape index (κ1) is 18.0. The number of hydrogen-bond acceptors (Lipinski definition) is 2. The van der Waals surface area contributed by atoms with Gasteiger partial charge in [0, 0.05) is 19.5 Å². The minimum Gasteiger partial charge on any atom is -0.343 e. The van der Waals surface area contributed by atoms with Crippen LogP contribution in [-0.2, 0) is 4.79 Å². The Labute approximate surface area is 134 Å². The molecule has 1 saturated heterocycles. The van der Waals surface area contributed by atoms with Crippen LogP contribution in [0.1, 0.15) is 43.6 Å². The molecule has 1 aromatic carbocycles. The Morgan fingerprint density at radius 2 is 2.00 bits per heavy atom. The molecule has 1 aromatic rings. The van der Waals surface area contributed by atoms with Gasteiger partial charge in [-0.15, -0.1) is 12.4 Å². The second-order valence-electron chi connectivity index (χ2n) is 5.63. The lowest BCUT2D eigenvalue weighted by Crippen LogP contribution is -2.32. The number of amides is 1. The van der Waals surface area contributed by atoms with Gasteiger partial charge in [0.25, 0.3) is 0 Å². The first-order valence-corrected chi connectivity index (χ1v) is 7.78. The first-order valence-electron chi connectivity index (χ1n) is 7.78. The first-order chi connectivity index (χ1) is 9.81. The largest absolute Gasteiger partial charge is 0.343 e. The topological polar surface area (TPSA) is 32.3 Å². The van der Waals surface area contributed by atoms with Crippen molar-refractivity contribution < 1.29 is 4.79 Å². The van der Waals surface area contributed by atoms with Gasteiger partial charge in [-0.3, -0.25) is 4.79 Å². The highest BCUT2D eigenvalue weighted by Gasteiger charge is 2.21. The van der Waals surface area contributed by atoms with E-state index >= 15 is 0 Å². The van der Waals surface area contributed by atoms with Crippen LogP contribution in [0.15, 0.2) is 30.3 Å². The van der Waals surface area contributed by atoms with E-state index in [2.05, 4.69) is 40.5 Å². The fourth-order valence-corrected chi connectivity index (χ4v) is 2.98. The van der Waals surface area contributed by atoms with Crippen molar-refractivity contribution in [3.8, 4) is 0 Å². The van der Waals surface area contributed by atoms with Gasteiger partial charge >= 0.3 is 0 Å². The number of carbonyl (C=O) groups is 1. The van der Waals surface area contributed by atoms with E-state index in [0.29, 0.717) is 18.2 Å². The molecule has 1 atom stereocenters. The molecule has 4 heteroatoms. The van der Waals surface area contributed by atoms with Crippen LogP contribution in [0.5, 0.6) is 0 Å². The van der Waals surface area contributed by atoms with E-state index in [1.807, 2.05) is 7.05 Å². The Morgan fingerprint density at radius 3 is 2.71 bits per heavy atom. The van der Waals surface area contributed by atoms with Crippen LogP contribution in [0.3, 0.4) is 0 Å². The molecule has 2 rings (SSSR count). The molecule has 118 valence electrons. The summed E-state index contributed by atoms with van der Waals surface area (Å²) in [5, 5.41) is 3.10. The van der Waals surface area contributed by atoms with Crippen LogP contribution in [0.4, 0.5) is 0 Å². The molecule has 0 saturated carbocycles. The van der Waals surface area contributed by atoms with Crippen molar-refractivity contribution >= 4 is 18.3 Å². The summed E-state index contributed by atoms with van der Waals surface area (Å²) in [7, 11) is 1.93. The quantitative estimate of drug-likeness (QED) is 0.847. The van der Waals surface area contributed by atoms with E-state index in [9.17, 15) is 4.79 Å². The Morgan fingerprint density at radius 1 is 1.24 bits per heavy atom. The van der Waals surface area contributed by atoms with Crippen molar-refractivity contribution in [3.05, 3.63) is 35.9 Å². The molecule has 0 bridgehead atoms. The molecule has 0 spiro atoms. The lowest BCUT2D eigenvalue weighted by Gasteiger charge is -2.20. The van der Waals surface area contributed by atoms with Crippen molar-refractivity contribution in [2.24, 2.45) is 0 Å². The summed E-state index contributed by atoms with van der Waals surface area (Å²) < 4.78 is 0. The van der Waals surface area contributed by atoms with E-state index in [1.54, 1.807) is 0 Å². The highest BCUT2D eigenvalue weighted by molar-refractivity contribution is 5.85. The maximum absolute atomic E-state index is 12.2. The van der Waals surface area contributed by atoms with E-state index in [4.69, 9.17) is 0 Å². The van der Waals surface area contributed by atoms with E-state index in [1.165, 1.54) is 12.0 Å².